The van der Waals surface area contributed by atoms with Gasteiger partial charge in [-0.1, -0.05) is 19.1 Å². The number of carbonyl (C=O) groups is 2. The number of aliphatic hydroxyl groups is 1. The van der Waals surface area contributed by atoms with E-state index in [1.807, 2.05) is 92.0 Å². The fraction of sp³-hybridized carbons (Fsp3) is 0.257. The molecule has 1 aliphatic carbocycles. The van der Waals surface area contributed by atoms with E-state index in [0.717, 1.165) is 60.8 Å². The van der Waals surface area contributed by atoms with Crippen molar-refractivity contribution in [1.82, 2.24) is 4.90 Å². The molecular weight excluding hydrogens is 538 g/mol. The number of nitrogens with zero attached hydrogens (tertiary/aromatic N) is 2. The first-order chi connectivity index (χ1) is 20.8. The Morgan fingerprint density at radius 1 is 0.814 bits per heavy atom. The molecule has 3 aromatic carbocycles. The Morgan fingerprint density at radius 3 is 1.98 bits per heavy atom. The summed E-state index contributed by atoms with van der Waals surface area (Å²) in [7, 11) is 2.01. The first-order valence-corrected chi connectivity index (χ1v) is 14.7. The van der Waals surface area contributed by atoms with Crippen LogP contribution in [0.2, 0.25) is 0 Å². The highest BCUT2D eigenvalue weighted by atomic mass is 16.3. The summed E-state index contributed by atoms with van der Waals surface area (Å²) in [5.41, 5.74) is 6.61. The summed E-state index contributed by atoms with van der Waals surface area (Å²) in [5.74, 6) is -0.285. The van der Waals surface area contributed by atoms with Crippen LogP contribution in [0.1, 0.15) is 36.5 Å². The molecule has 2 amide bonds. The lowest BCUT2D eigenvalue weighted by Gasteiger charge is -2.31. The van der Waals surface area contributed by atoms with Crippen LogP contribution < -0.4 is 20.9 Å². The van der Waals surface area contributed by atoms with E-state index in [0.29, 0.717) is 16.8 Å². The minimum atomic E-state index is -0.213. The Kier molecular flexibility index (Phi) is 7.78. The minimum Gasteiger partial charge on any atom is -0.393 e. The highest BCUT2D eigenvalue weighted by Gasteiger charge is 2.35. The molecule has 8 nitrogen and oxygen atoms in total. The number of anilines is 5. The lowest BCUT2D eigenvalue weighted by molar-refractivity contribution is -0.112. The van der Waals surface area contributed by atoms with Crippen LogP contribution >= 0.6 is 0 Å². The second kappa shape index (κ2) is 11.8. The Balaban J connectivity index is 1.00. The third kappa shape index (κ3) is 6.34. The van der Waals surface area contributed by atoms with Crippen LogP contribution in [0, 0.1) is 5.41 Å². The zero-order valence-corrected chi connectivity index (χ0v) is 24.5. The number of hydrogen-bond donors (Lipinski definition) is 4. The molecule has 2 heterocycles. The number of rotatable bonds is 7. The van der Waals surface area contributed by atoms with Crippen LogP contribution in [0.15, 0.2) is 108 Å². The maximum atomic E-state index is 12.9. The zero-order valence-electron chi connectivity index (χ0n) is 24.5. The van der Waals surface area contributed by atoms with Gasteiger partial charge in [-0.3, -0.25) is 9.59 Å². The number of piperidine rings is 1. The topological polar surface area (TPSA) is 96.9 Å². The van der Waals surface area contributed by atoms with Crippen LogP contribution in [0.3, 0.4) is 0 Å². The van der Waals surface area contributed by atoms with Gasteiger partial charge in [-0.2, -0.15) is 0 Å². The van der Waals surface area contributed by atoms with E-state index in [4.69, 9.17) is 0 Å². The average Bonchev–Trinajstić information content (AvgIpc) is 3.33. The minimum absolute atomic E-state index is 0.0400. The third-order valence-corrected chi connectivity index (χ3v) is 8.46. The van der Waals surface area contributed by atoms with Gasteiger partial charge in [0, 0.05) is 77.0 Å². The van der Waals surface area contributed by atoms with Crippen LogP contribution in [0.25, 0.3) is 0 Å². The van der Waals surface area contributed by atoms with Crippen molar-refractivity contribution in [2.24, 2.45) is 5.41 Å². The molecule has 4 N–H and O–H groups in total. The largest absolute Gasteiger partial charge is 0.393 e. The first kappa shape index (κ1) is 28.3. The Bertz CT molecular complexity index is 1580. The van der Waals surface area contributed by atoms with E-state index in [2.05, 4.69) is 44.9 Å². The second-order valence-corrected chi connectivity index (χ2v) is 11.7. The third-order valence-electron chi connectivity index (χ3n) is 8.46. The normalized spacial score (nSPS) is 19.8. The summed E-state index contributed by atoms with van der Waals surface area (Å²) < 4.78 is 0. The average molecular weight is 576 g/mol. The van der Waals surface area contributed by atoms with E-state index in [1.54, 1.807) is 0 Å². The molecule has 0 radical (unpaired) electrons. The van der Waals surface area contributed by atoms with Crippen LogP contribution in [0.5, 0.6) is 0 Å². The number of carbonyl (C=O) groups excluding carboxylic acids is 2. The van der Waals surface area contributed by atoms with E-state index < -0.39 is 0 Å². The maximum absolute atomic E-state index is 12.9. The number of benzene rings is 3. The van der Waals surface area contributed by atoms with Crippen molar-refractivity contribution in [3.63, 3.8) is 0 Å². The highest BCUT2D eigenvalue weighted by molar-refractivity contribution is 6.06. The van der Waals surface area contributed by atoms with Gasteiger partial charge in [0.1, 0.15) is 0 Å². The number of amides is 2. The number of allylic oxidation sites excluding steroid dienone is 2. The Hall–Kier alpha value is -4.82. The van der Waals surface area contributed by atoms with Gasteiger partial charge in [0.25, 0.3) is 11.8 Å². The lowest BCUT2D eigenvalue weighted by atomic mass is 9.80. The summed E-state index contributed by atoms with van der Waals surface area (Å²) >= 11 is 0. The van der Waals surface area contributed by atoms with Gasteiger partial charge in [0.2, 0.25) is 0 Å². The van der Waals surface area contributed by atoms with Gasteiger partial charge in [0.05, 0.1) is 6.10 Å². The Labute approximate surface area is 252 Å². The molecule has 2 aliphatic heterocycles. The lowest BCUT2D eigenvalue weighted by Crippen LogP contribution is -2.35. The predicted octanol–water partition coefficient (Wildman–Crippen LogP) is 6.26. The van der Waals surface area contributed by atoms with Crippen LogP contribution in [-0.4, -0.2) is 48.1 Å². The SMILES string of the molecule is CN1C=CC2(C)CC=C(C(=O)Nc3ccc(Nc4ccc(NC(=O)c5ccc(N6CCC(O)CC6)cc5)cc4)cc3)C=C12. The number of fused-ring (bicyclic) bond motifs is 1. The van der Waals surface area contributed by atoms with Gasteiger partial charge in [-0.25, -0.2) is 0 Å². The molecule has 6 rings (SSSR count). The molecule has 8 heteroatoms. The molecule has 220 valence electrons. The quantitative estimate of drug-likeness (QED) is 0.266. The van der Waals surface area contributed by atoms with Gasteiger partial charge < -0.3 is 30.9 Å². The molecule has 0 bridgehead atoms. The Morgan fingerprint density at radius 2 is 1.37 bits per heavy atom. The smallest absolute Gasteiger partial charge is 0.255 e. The van der Waals surface area contributed by atoms with Gasteiger partial charge in [0.15, 0.2) is 0 Å². The number of nitrogens with one attached hydrogen (secondary N) is 3. The van der Waals surface area contributed by atoms with Crippen molar-refractivity contribution >= 4 is 40.3 Å². The van der Waals surface area contributed by atoms with Gasteiger partial charge in [-0.05, 0) is 98.1 Å². The van der Waals surface area contributed by atoms with Crippen molar-refractivity contribution in [1.29, 1.82) is 0 Å². The summed E-state index contributed by atoms with van der Waals surface area (Å²) in [6.45, 7) is 3.82. The molecule has 1 unspecified atom stereocenters. The van der Waals surface area contributed by atoms with Crippen molar-refractivity contribution in [2.75, 3.05) is 41.0 Å². The molecular formula is C35H37N5O3. The van der Waals surface area contributed by atoms with E-state index in [9.17, 15) is 14.7 Å². The summed E-state index contributed by atoms with van der Waals surface area (Å²) in [6.07, 6.45) is 10.3. The molecule has 3 aromatic rings. The predicted molar refractivity (Wildman–Crippen MR) is 172 cm³/mol. The summed E-state index contributed by atoms with van der Waals surface area (Å²) in [4.78, 5) is 30.0. The zero-order chi connectivity index (χ0) is 30.0. The van der Waals surface area contributed by atoms with Crippen molar-refractivity contribution < 1.29 is 14.7 Å². The fourth-order valence-electron chi connectivity index (χ4n) is 5.77. The van der Waals surface area contributed by atoms with E-state index in [-0.39, 0.29) is 23.3 Å². The monoisotopic (exact) mass is 575 g/mol. The fourth-order valence-corrected chi connectivity index (χ4v) is 5.77. The molecule has 43 heavy (non-hydrogen) atoms. The van der Waals surface area contributed by atoms with Crippen molar-refractivity contribution in [3.8, 4) is 0 Å². The maximum Gasteiger partial charge on any atom is 0.255 e. The molecule has 0 spiro atoms. The highest BCUT2D eigenvalue weighted by Crippen LogP contribution is 2.43. The molecule has 0 saturated carbocycles. The van der Waals surface area contributed by atoms with Crippen LogP contribution in [-0.2, 0) is 4.79 Å². The van der Waals surface area contributed by atoms with Gasteiger partial charge >= 0.3 is 0 Å². The molecule has 1 saturated heterocycles. The molecule has 0 aromatic heterocycles. The standard InChI is InChI=1S/C35H37N5O3/c1-35-18-15-25(23-32(35)39(2)22-19-35)34(43)38-29-11-7-27(8-12-29)36-26-5-9-28(10-6-26)37-33(42)24-3-13-30(14-4-24)40-20-16-31(41)17-21-40/h3-15,19,22-23,31,36,41H,16-18,20-21H2,1-2H3,(H,37,42)(H,38,43). The molecule has 3 aliphatic rings. The summed E-state index contributed by atoms with van der Waals surface area (Å²) in [6, 6.07) is 22.7. The van der Waals surface area contributed by atoms with Gasteiger partial charge in [-0.15, -0.1) is 0 Å². The number of aliphatic hydroxyl groups excluding tert-OH is 1. The van der Waals surface area contributed by atoms with E-state index in [1.165, 1.54) is 0 Å². The van der Waals surface area contributed by atoms with Crippen molar-refractivity contribution in [2.45, 2.75) is 32.3 Å². The van der Waals surface area contributed by atoms with E-state index >= 15 is 0 Å². The second-order valence-electron chi connectivity index (χ2n) is 11.7. The number of hydrogen-bond acceptors (Lipinski definition) is 6. The molecule has 1 fully saturated rings. The summed E-state index contributed by atoms with van der Waals surface area (Å²) in [5, 5.41) is 19.0. The first-order valence-electron chi connectivity index (χ1n) is 14.7. The van der Waals surface area contributed by atoms with Crippen molar-refractivity contribution in [3.05, 3.63) is 114 Å². The van der Waals surface area contributed by atoms with Crippen LogP contribution in [0.4, 0.5) is 28.4 Å². The molecule has 1 atom stereocenters.